The summed E-state index contributed by atoms with van der Waals surface area (Å²) in [5.41, 5.74) is 0.678. The summed E-state index contributed by atoms with van der Waals surface area (Å²) in [5, 5.41) is 11.7. The number of anilines is 2. The Hall–Kier alpha value is -2.29. The monoisotopic (exact) mass is 356 g/mol. The molecule has 9 heteroatoms. The van der Waals surface area contributed by atoms with Crippen molar-refractivity contribution in [3.63, 3.8) is 0 Å². The number of carbonyl (C=O) groups is 2. The number of aliphatic carboxylic acids is 1. The molecule has 1 aliphatic rings. The molecule has 2 atom stereocenters. The zero-order chi connectivity index (χ0) is 17.9. The van der Waals surface area contributed by atoms with Crippen LogP contribution >= 0.6 is 0 Å². The third kappa shape index (κ3) is 3.97. The van der Waals surface area contributed by atoms with E-state index in [9.17, 15) is 18.0 Å². The van der Waals surface area contributed by atoms with Gasteiger partial charge in [-0.15, -0.1) is 0 Å². The summed E-state index contributed by atoms with van der Waals surface area (Å²) in [7, 11) is -2.06. The smallest absolute Gasteiger partial charge is 0.307 e. The van der Waals surface area contributed by atoms with E-state index in [2.05, 4.69) is 10.0 Å². The van der Waals surface area contributed by atoms with E-state index >= 15 is 0 Å². The number of carboxylic acid groups (broad SMARTS) is 1. The van der Waals surface area contributed by atoms with Gasteiger partial charge in [0.1, 0.15) is 5.75 Å². The predicted octanol–water partition coefficient (Wildman–Crippen LogP) is 1.51. The molecule has 132 valence electrons. The van der Waals surface area contributed by atoms with Gasteiger partial charge in [0.05, 0.1) is 30.4 Å². The number of carbonyl (C=O) groups excluding carboxylic acids is 1. The van der Waals surface area contributed by atoms with Gasteiger partial charge in [-0.2, -0.15) is 0 Å². The Morgan fingerprint density at radius 1 is 1.29 bits per heavy atom. The molecule has 0 saturated heterocycles. The first-order valence-electron chi connectivity index (χ1n) is 7.49. The molecule has 3 N–H and O–H groups in total. The van der Waals surface area contributed by atoms with Crippen LogP contribution in [-0.4, -0.2) is 38.3 Å². The van der Waals surface area contributed by atoms with Crippen molar-refractivity contribution in [1.29, 1.82) is 0 Å². The van der Waals surface area contributed by atoms with Crippen molar-refractivity contribution in [2.45, 2.75) is 19.8 Å². The van der Waals surface area contributed by atoms with Crippen LogP contribution in [0, 0.1) is 11.8 Å². The first kappa shape index (κ1) is 18.1. The first-order valence-corrected chi connectivity index (χ1v) is 9.14. The summed E-state index contributed by atoms with van der Waals surface area (Å²) in [6, 6.07) is 4.50. The minimum atomic E-state index is -3.45. The molecule has 1 saturated carbocycles. The van der Waals surface area contributed by atoms with Crippen LogP contribution in [-0.2, 0) is 19.6 Å². The maximum absolute atomic E-state index is 12.1. The Morgan fingerprint density at radius 2 is 1.96 bits per heavy atom. The lowest BCUT2D eigenvalue weighted by Gasteiger charge is -2.31. The second-order valence-corrected chi connectivity index (χ2v) is 7.55. The predicted molar refractivity (Wildman–Crippen MR) is 88.6 cm³/mol. The van der Waals surface area contributed by atoms with E-state index in [1.165, 1.54) is 32.2 Å². The van der Waals surface area contributed by atoms with Gasteiger partial charge in [0.25, 0.3) is 0 Å². The van der Waals surface area contributed by atoms with E-state index in [0.29, 0.717) is 18.5 Å². The number of carboxylic acids is 1. The zero-order valence-corrected chi connectivity index (χ0v) is 14.2. The quantitative estimate of drug-likeness (QED) is 0.681. The summed E-state index contributed by atoms with van der Waals surface area (Å²) in [6.45, 7) is 1.51. The molecule has 1 amide bonds. The molecule has 24 heavy (non-hydrogen) atoms. The van der Waals surface area contributed by atoms with Crippen LogP contribution in [0.4, 0.5) is 11.4 Å². The van der Waals surface area contributed by atoms with Gasteiger partial charge in [-0.05, 0) is 31.9 Å². The standard InChI is InChI=1S/C15H20N2O6S/c1-3-24(21,22)17-12-7-4-9(8-13(12)23-2)16-14(18)10-5-6-11(10)15(19)20/h4,7-8,10-11,17H,3,5-6H2,1-2H3,(H,16,18)(H,19,20). The largest absolute Gasteiger partial charge is 0.494 e. The number of nitrogens with one attached hydrogen (secondary N) is 2. The molecule has 8 nitrogen and oxygen atoms in total. The summed E-state index contributed by atoms with van der Waals surface area (Å²) in [6.07, 6.45) is 1.03. The molecule has 1 aromatic rings. The molecule has 1 fully saturated rings. The van der Waals surface area contributed by atoms with Crippen LogP contribution in [0.2, 0.25) is 0 Å². The number of hydrogen-bond donors (Lipinski definition) is 3. The van der Waals surface area contributed by atoms with Crippen molar-refractivity contribution in [3.05, 3.63) is 18.2 Å². The molecule has 2 rings (SSSR count). The van der Waals surface area contributed by atoms with Gasteiger partial charge >= 0.3 is 5.97 Å². The molecule has 2 unspecified atom stereocenters. The molecule has 1 aromatic carbocycles. The van der Waals surface area contributed by atoms with Gasteiger partial charge in [0.15, 0.2) is 0 Å². The van der Waals surface area contributed by atoms with Gasteiger partial charge in [-0.3, -0.25) is 14.3 Å². The van der Waals surface area contributed by atoms with Crippen LogP contribution in [0.25, 0.3) is 0 Å². The maximum atomic E-state index is 12.1. The second kappa shape index (κ2) is 7.08. The van der Waals surface area contributed by atoms with Gasteiger partial charge < -0.3 is 15.2 Å². The lowest BCUT2D eigenvalue weighted by Crippen LogP contribution is -2.41. The van der Waals surface area contributed by atoms with E-state index in [0.717, 1.165) is 0 Å². The SMILES string of the molecule is CCS(=O)(=O)Nc1ccc(NC(=O)C2CCC2C(=O)O)cc1OC. The third-order valence-electron chi connectivity index (χ3n) is 4.04. The van der Waals surface area contributed by atoms with Crippen LogP contribution in [0.15, 0.2) is 18.2 Å². The molecular formula is C15H20N2O6S. The molecular weight excluding hydrogens is 336 g/mol. The zero-order valence-electron chi connectivity index (χ0n) is 13.4. The summed E-state index contributed by atoms with van der Waals surface area (Å²) < 4.78 is 30.8. The molecule has 0 heterocycles. The van der Waals surface area contributed by atoms with E-state index in [4.69, 9.17) is 9.84 Å². The Kier molecular flexibility index (Phi) is 5.33. The van der Waals surface area contributed by atoms with Gasteiger partial charge in [0, 0.05) is 11.8 Å². The van der Waals surface area contributed by atoms with E-state index in [-0.39, 0.29) is 23.1 Å². The van der Waals surface area contributed by atoms with Crippen molar-refractivity contribution < 1.29 is 27.9 Å². The fourth-order valence-corrected chi connectivity index (χ4v) is 3.09. The molecule has 1 aliphatic carbocycles. The summed E-state index contributed by atoms with van der Waals surface area (Å²) >= 11 is 0. The number of hydrogen-bond acceptors (Lipinski definition) is 5. The molecule has 0 radical (unpaired) electrons. The third-order valence-corrected chi connectivity index (χ3v) is 5.33. The highest BCUT2D eigenvalue weighted by Gasteiger charge is 2.41. The number of methoxy groups -OCH3 is 1. The summed E-state index contributed by atoms with van der Waals surface area (Å²) in [5.74, 6) is -2.35. The molecule has 0 spiro atoms. The fraction of sp³-hybridized carbons (Fsp3) is 0.467. The highest BCUT2D eigenvalue weighted by atomic mass is 32.2. The van der Waals surface area contributed by atoms with Crippen molar-refractivity contribution in [1.82, 2.24) is 0 Å². The number of rotatable bonds is 7. The van der Waals surface area contributed by atoms with Crippen LogP contribution in [0.1, 0.15) is 19.8 Å². The van der Waals surface area contributed by atoms with Gasteiger partial charge in [0.2, 0.25) is 15.9 Å². The molecule has 0 aliphatic heterocycles. The van der Waals surface area contributed by atoms with Gasteiger partial charge in [-0.25, -0.2) is 8.42 Å². The number of sulfonamides is 1. The number of amides is 1. The van der Waals surface area contributed by atoms with Crippen molar-refractivity contribution in [2.75, 3.05) is 22.9 Å². The average Bonchev–Trinajstić information content (AvgIpc) is 2.46. The first-order chi connectivity index (χ1) is 11.3. The normalized spacial score (nSPS) is 19.9. The molecule has 0 aromatic heterocycles. The van der Waals surface area contributed by atoms with Crippen LogP contribution in [0.5, 0.6) is 5.75 Å². The number of benzene rings is 1. The van der Waals surface area contributed by atoms with Crippen molar-refractivity contribution in [3.8, 4) is 5.75 Å². The van der Waals surface area contributed by atoms with Crippen molar-refractivity contribution in [2.24, 2.45) is 11.8 Å². The lowest BCUT2D eigenvalue weighted by molar-refractivity contribution is -0.151. The Labute approximate surface area is 140 Å². The maximum Gasteiger partial charge on any atom is 0.307 e. The van der Waals surface area contributed by atoms with Crippen molar-refractivity contribution >= 4 is 33.3 Å². The highest BCUT2D eigenvalue weighted by molar-refractivity contribution is 7.92. The van der Waals surface area contributed by atoms with E-state index in [1.54, 1.807) is 0 Å². The lowest BCUT2D eigenvalue weighted by atomic mass is 9.73. The fourth-order valence-electron chi connectivity index (χ4n) is 2.44. The molecule has 0 bridgehead atoms. The topological polar surface area (TPSA) is 122 Å². The second-order valence-electron chi connectivity index (χ2n) is 5.54. The van der Waals surface area contributed by atoms with Crippen LogP contribution < -0.4 is 14.8 Å². The minimum Gasteiger partial charge on any atom is -0.494 e. The van der Waals surface area contributed by atoms with E-state index in [1.807, 2.05) is 0 Å². The number of ether oxygens (including phenoxy) is 1. The average molecular weight is 356 g/mol. The Bertz CT molecular complexity index is 746. The highest BCUT2D eigenvalue weighted by Crippen LogP contribution is 2.36. The van der Waals surface area contributed by atoms with Gasteiger partial charge in [-0.1, -0.05) is 0 Å². The van der Waals surface area contributed by atoms with Crippen LogP contribution in [0.3, 0.4) is 0 Å². The Balaban J connectivity index is 2.12. The van der Waals surface area contributed by atoms with E-state index < -0.39 is 27.8 Å². The summed E-state index contributed by atoms with van der Waals surface area (Å²) in [4.78, 5) is 23.1. The minimum absolute atomic E-state index is 0.0765. The Morgan fingerprint density at radius 3 is 2.46 bits per heavy atom.